The summed E-state index contributed by atoms with van der Waals surface area (Å²) in [4.78, 5) is 28.6. The van der Waals surface area contributed by atoms with Gasteiger partial charge in [-0.1, -0.05) is 59.3 Å². The molecule has 47 unspecified atom stereocenters. The van der Waals surface area contributed by atoms with Gasteiger partial charge in [-0.2, -0.15) is 0 Å². The van der Waals surface area contributed by atoms with Gasteiger partial charge in [0.25, 0.3) is 0 Å². The van der Waals surface area contributed by atoms with Crippen molar-refractivity contribution in [2.24, 2.45) is 50.2 Å². The Morgan fingerprint density at radius 2 is 1.02 bits per heavy atom. The minimum Gasteiger partial charge on any atom is -0.504 e. The van der Waals surface area contributed by atoms with E-state index in [1.807, 2.05) is 6.92 Å². The van der Waals surface area contributed by atoms with Gasteiger partial charge in [0.2, 0.25) is 6.29 Å². The first-order valence-corrected chi connectivity index (χ1v) is 44.4. The lowest BCUT2D eigenvalue weighted by Gasteiger charge is -2.71. The van der Waals surface area contributed by atoms with E-state index in [9.17, 15) is 122 Å². The van der Waals surface area contributed by atoms with E-state index in [1.54, 1.807) is 0 Å². The van der Waals surface area contributed by atoms with E-state index < -0.39 is 318 Å². The number of phenolic OH excluding ortho intramolecular Hbond substituents is 1. The van der Waals surface area contributed by atoms with Crippen LogP contribution in [-0.2, 0) is 90.1 Å². The Hall–Kier alpha value is -4.24. The number of ether oxygens (including phenoxy) is 18. The number of phenols is 1. The maximum Gasteiger partial charge on any atom is 0.331 e. The zero-order chi connectivity index (χ0) is 93.7. The first-order chi connectivity index (χ1) is 60.9. The van der Waals surface area contributed by atoms with Crippen molar-refractivity contribution in [3.05, 3.63) is 41.5 Å². The second kappa shape index (κ2) is 39.7. The van der Waals surface area contributed by atoms with Crippen LogP contribution in [0.25, 0.3) is 6.08 Å². The summed E-state index contributed by atoms with van der Waals surface area (Å²) in [6.45, 7) is 11.0. The summed E-state index contributed by atoms with van der Waals surface area (Å²) in [5, 5.41) is 256. The second-order valence-electron chi connectivity index (χ2n) is 39.1. The zero-order valence-electron chi connectivity index (χ0n) is 73.2. The van der Waals surface area contributed by atoms with E-state index >= 15 is 4.79 Å². The lowest BCUT2D eigenvalue weighted by atomic mass is 9.33. The number of carbonyl (C=O) groups is 2. The second-order valence-corrected chi connectivity index (χ2v) is 39.1. The van der Waals surface area contributed by atoms with Crippen molar-refractivity contribution >= 4 is 18.0 Å². The van der Waals surface area contributed by atoms with Gasteiger partial charge < -0.3 is 203 Å². The molecule has 13 aliphatic rings. The third kappa shape index (κ3) is 18.8. The summed E-state index contributed by atoms with van der Waals surface area (Å²) in [7, 11) is 1.34. The smallest absolute Gasteiger partial charge is 0.331 e. The Morgan fingerprint density at radius 1 is 0.473 bits per heavy atom. The quantitative estimate of drug-likeness (QED) is 0.0187. The molecule has 1 aromatic rings. The van der Waals surface area contributed by atoms with Gasteiger partial charge in [-0.15, -0.1) is 0 Å². The van der Waals surface area contributed by atoms with Gasteiger partial charge in [0.1, 0.15) is 165 Å². The molecule has 8 heterocycles. The molecule has 0 bridgehead atoms. The Kier molecular flexibility index (Phi) is 31.0. The third-order valence-electron chi connectivity index (χ3n) is 31.0. The summed E-state index contributed by atoms with van der Waals surface area (Å²) in [6.07, 6.45) is -58.1. The Balaban J connectivity index is 0.600. The molecule has 43 nitrogen and oxygen atoms in total. The first kappa shape index (κ1) is 101. The summed E-state index contributed by atoms with van der Waals surface area (Å²) < 4.78 is 106. The van der Waals surface area contributed by atoms with E-state index in [-0.39, 0.29) is 41.3 Å². The molecule has 4 saturated carbocycles. The first-order valence-electron chi connectivity index (χ1n) is 44.4. The molecule has 5 aliphatic carbocycles. The van der Waals surface area contributed by atoms with Crippen molar-refractivity contribution in [3.63, 3.8) is 0 Å². The van der Waals surface area contributed by atoms with Crippen molar-refractivity contribution in [2.75, 3.05) is 53.4 Å². The van der Waals surface area contributed by atoms with Gasteiger partial charge in [-0.25, -0.2) is 4.79 Å². The predicted octanol–water partition coefficient (Wildman–Crippen LogP) is -6.45. The van der Waals surface area contributed by atoms with Crippen molar-refractivity contribution in [1.82, 2.24) is 0 Å². The van der Waals surface area contributed by atoms with Crippen LogP contribution in [0, 0.1) is 50.2 Å². The summed E-state index contributed by atoms with van der Waals surface area (Å²) >= 11 is 0. The number of aromatic hydroxyl groups is 1. The Labute approximate surface area is 743 Å². The molecular weight excluding hydrogens is 1720 g/mol. The highest BCUT2D eigenvalue weighted by molar-refractivity contribution is 5.87. The highest BCUT2D eigenvalue weighted by Gasteiger charge is 2.72. The van der Waals surface area contributed by atoms with Crippen LogP contribution in [0.3, 0.4) is 0 Å². The Morgan fingerprint density at radius 3 is 1.68 bits per heavy atom. The highest BCUT2D eigenvalue weighted by Crippen LogP contribution is 2.76. The molecule has 8 saturated heterocycles. The van der Waals surface area contributed by atoms with Crippen LogP contribution >= 0.6 is 0 Å². The molecule has 129 heavy (non-hydrogen) atoms. The normalized spacial score (nSPS) is 50.7. The number of rotatable bonds is 25. The van der Waals surface area contributed by atoms with E-state index in [1.165, 1.54) is 45.2 Å². The molecule has 0 radical (unpaired) electrons. The van der Waals surface area contributed by atoms with Gasteiger partial charge >= 0.3 is 11.9 Å². The van der Waals surface area contributed by atoms with Gasteiger partial charge in [0, 0.05) is 11.5 Å². The van der Waals surface area contributed by atoms with Crippen molar-refractivity contribution in [1.29, 1.82) is 0 Å². The SMILES string of the molecule is COc1ccc(C=CC(=O)OC2C(OC3C(CO)OC(OC4COC(OC5C(O)C(C)OC(OC6C(OC7CCC8(C)C(CCC9(C)C8CC=C8C%10CC(C)(C)CCC%10(C(=O)OC%10OC(COC%11OC(CO)C(OC%12OC(C)C(O)C(O)C%12O)C(O)C%11O)C(O)C(O)C%10O)CCC89C)C7(C)CO)OCC(O)C6O)C5O)C(O)C4O)C(O)C3O)OC(CO)C(O)C2O)cc1O. The number of allylic oxidation sites excluding steroid dienone is 2. The van der Waals surface area contributed by atoms with Gasteiger partial charge in [-0.3, -0.25) is 4.79 Å². The average Bonchev–Trinajstić information content (AvgIpc) is 0.672. The lowest BCUT2D eigenvalue weighted by molar-refractivity contribution is -0.386. The van der Waals surface area contributed by atoms with Gasteiger partial charge in [0.15, 0.2) is 61.6 Å². The molecule has 23 N–H and O–H groups in total. The fraction of sp³-hybridized carbons (Fsp3) is 0.860. The summed E-state index contributed by atoms with van der Waals surface area (Å²) in [5.74, 6) is -2.51. The van der Waals surface area contributed by atoms with Crippen LogP contribution < -0.4 is 4.74 Å². The number of hydrogen-bond donors (Lipinski definition) is 23. The third-order valence-corrected chi connectivity index (χ3v) is 31.0. The molecule has 8 aliphatic heterocycles. The number of fused-ring (bicyclic) bond motifs is 7. The van der Waals surface area contributed by atoms with Crippen LogP contribution in [0.1, 0.15) is 125 Å². The number of aliphatic hydroxyl groups excluding tert-OH is 22. The van der Waals surface area contributed by atoms with Gasteiger partial charge in [-0.05, 0) is 141 Å². The van der Waals surface area contributed by atoms with Crippen molar-refractivity contribution in [3.8, 4) is 11.5 Å². The van der Waals surface area contributed by atoms with E-state index in [2.05, 4.69) is 40.7 Å². The predicted molar refractivity (Wildman–Crippen MR) is 427 cm³/mol. The van der Waals surface area contributed by atoms with E-state index in [4.69, 9.17) is 85.3 Å². The molecule has 0 aromatic heterocycles. The summed E-state index contributed by atoms with van der Waals surface area (Å²) in [5.41, 5.74) is -2.39. The zero-order valence-corrected chi connectivity index (χ0v) is 73.2. The molecule has 734 valence electrons. The van der Waals surface area contributed by atoms with Crippen LogP contribution in [0.4, 0.5) is 0 Å². The standard InChI is InChI=1S/C86H132O43/c1-33-50(94)56(100)62(106)74(116-33)125-67-42(27-88)119-72(64(108)59(67)103)114-30-44-54(98)57(101)63(107)76(122-44)129-80(111)86-22-20-81(3,4)25-37(86)36-12-14-47-82(5)18-17-48(83(6,32-90)46(82)16-19-85(47,8)84(36,7)21-23-86)123-78-70(52(96)39(92)29-113-78)128-77-66(110)69(51(95)34(2)117-77)127-73-61(105)55(99)45(31-115-73)121-75-65(109)60(104)68(43(28-89)120-75)126-79-71(58(102)53(97)41(26-87)118-79)124-49(93)15-11-35-10-13-40(112-9)38(91)24-35/h10-13,15,24,33-34,37,39,41-48,50-79,87-92,94-110H,14,16-23,25-32H2,1-9H3. The van der Waals surface area contributed by atoms with Gasteiger partial charge in [0.05, 0.1) is 77.1 Å². The van der Waals surface area contributed by atoms with Crippen LogP contribution in [0.15, 0.2) is 35.9 Å². The lowest BCUT2D eigenvalue weighted by Crippen LogP contribution is -2.67. The van der Waals surface area contributed by atoms with Crippen LogP contribution in [0.2, 0.25) is 0 Å². The topological polar surface area (TPSA) is 666 Å². The average molecular weight is 1850 g/mol. The maximum atomic E-state index is 15.5. The summed E-state index contributed by atoms with van der Waals surface area (Å²) in [6, 6.07) is 4.19. The number of methoxy groups -OCH3 is 1. The molecule has 43 heteroatoms. The fourth-order valence-electron chi connectivity index (χ4n) is 22.9. The van der Waals surface area contributed by atoms with Crippen molar-refractivity contribution in [2.45, 2.75) is 359 Å². The number of benzene rings is 1. The minimum atomic E-state index is -2.12. The maximum absolute atomic E-state index is 15.5. The van der Waals surface area contributed by atoms with Crippen LogP contribution in [-0.4, -0.2) is 422 Å². The van der Waals surface area contributed by atoms with Crippen molar-refractivity contribution < 1.29 is 212 Å². The molecular formula is C86H132O43. The van der Waals surface area contributed by atoms with Crippen LogP contribution in [0.5, 0.6) is 11.5 Å². The molecule has 0 amide bonds. The molecule has 1 aromatic carbocycles. The number of esters is 2. The van der Waals surface area contributed by atoms with E-state index in [0.29, 0.717) is 69.8 Å². The monoisotopic (exact) mass is 1850 g/mol. The largest absolute Gasteiger partial charge is 0.504 e. The number of carbonyl (C=O) groups excluding carboxylic acids is 2. The molecule has 14 rings (SSSR count). The number of hydrogen-bond acceptors (Lipinski definition) is 43. The fourth-order valence-corrected chi connectivity index (χ4v) is 22.9. The van der Waals surface area contributed by atoms with E-state index in [0.717, 1.165) is 11.6 Å². The molecule has 12 fully saturated rings. The molecule has 47 atom stereocenters. The highest BCUT2D eigenvalue weighted by atomic mass is 16.8. The molecule has 0 spiro atoms. The Bertz CT molecular complexity index is 4000. The minimum absolute atomic E-state index is 0.000731. The number of aliphatic hydroxyl groups is 22.